The predicted molar refractivity (Wildman–Crippen MR) is 78.4 cm³/mol. The van der Waals surface area contributed by atoms with Crippen LogP contribution in [0.1, 0.15) is 51.4 Å². The van der Waals surface area contributed by atoms with Gasteiger partial charge in [0, 0.05) is 19.6 Å². The Morgan fingerprint density at radius 1 is 1.19 bits per heavy atom. The summed E-state index contributed by atoms with van der Waals surface area (Å²) in [7, 11) is 0. The van der Waals surface area contributed by atoms with E-state index >= 15 is 0 Å². The van der Waals surface area contributed by atoms with Gasteiger partial charge in [-0.25, -0.2) is 0 Å². The highest BCUT2D eigenvalue weighted by Gasteiger charge is 2.41. The van der Waals surface area contributed by atoms with Crippen molar-refractivity contribution in [3.05, 3.63) is 0 Å². The number of ether oxygens (including phenoxy) is 2. The van der Waals surface area contributed by atoms with Gasteiger partial charge < -0.3 is 14.6 Å². The number of morpholine rings is 1. The van der Waals surface area contributed by atoms with Crippen LogP contribution in [0.2, 0.25) is 0 Å². The maximum atomic E-state index is 10.8. The average Bonchev–Trinajstić information content (AvgIpc) is 2.82. The first kappa shape index (κ1) is 15.3. The van der Waals surface area contributed by atoms with E-state index in [9.17, 15) is 4.79 Å². The molecular formula is C16H27NO4. The molecule has 0 aromatic carbocycles. The van der Waals surface area contributed by atoms with Crippen LogP contribution in [0.15, 0.2) is 0 Å². The summed E-state index contributed by atoms with van der Waals surface area (Å²) in [4.78, 5) is 13.1. The Labute approximate surface area is 126 Å². The van der Waals surface area contributed by atoms with E-state index in [0.717, 1.165) is 26.1 Å². The monoisotopic (exact) mass is 297 g/mol. The quantitative estimate of drug-likeness (QED) is 0.860. The average molecular weight is 297 g/mol. The molecule has 2 aliphatic heterocycles. The van der Waals surface area contributed by atoms with Crippen LogP contribution in [0, 0.1) is 0 Å². The third kappa shape index (κ3) is 3.96. The van der Waals surface area contributed by atoms with Gasteiger partial charge >= 0.3 is 5.97 Å². The van der Waals surface area contributed by atoms with E-state index in [-0.39, 0.29) is 18.1 Å². The van der Waals surface area contributed by atoms with Crippen LogP contribution in [0.4, 0.5) is 0 Å². The smallest absolute Gasteiger partial charge is 0.306 e. The van der Waals surface area contributed by atoms with Crippen molar-refractivity contribution < 1.29 is 19.4 Å². The molecule has 0 radical (unpaired) electrons. The van der Waals surface area contributed by atoms with Crippen molar-refractivity contribution in [3.63, 3.8) is 0 Å². The lowest BCUT2D eigenvalue weighted by Gasteiger charge is -2.36. The van der Waals surface area contributed by atoms with Gasteiger partial charge in [-0.2, -0.15) is 0 Å². The molecule has 5 nitrogen and oxygen atoms in total. The predicted octanol–water partition coefficient (Wildman–Crippen LogP) is 2.04. The summed E-state index contributed by atoms with van der Waals surface area (Å²) in [6, 6.07) is 0. The second-order valence-corrected chi connectivity index (χ2v) is 6.87. The molecule has 0 aromatic heterocycles. The first-order valence-corrected chi connectivity index (χ1v) is 8.39. The highest BCUT2D eigenvalue weighted by molar-refractivity contribution is 5.67. The van der Waals surface area contributed by atoms with Gasteiger partial charge in [0.05, 0.1) is 30.8 Å². The summed E-state index contributed by atoms with van der Waals surface area (Å²) >= 11 is 0. The van der Waals surface area contributed by atoms with Crippen LogP contribution in [0.5, 0.6) is 0 Å². The number of carboxylic acids is 1. The molecular weight excluding hydrogens is 270 g/mol. The van der Waals surface area contributed by atoms with Gasteiger partial charge in [0.2, 0.25) is 0 Å². The Morgan fingerprint density at radius 2 is 2.00 bits per heavy atom. The van der Waals surface area contributed by atoms with Crippen LogP contribution in [-0.4, -0.2) is 60.0 Å². The Balaban J connectivity index is 1.47. The van der Waals surface area contributed by atoms with E-state index in [1.54, 1.807) is 0 Å². The van der Waals surface area contributed by atoms with Crippen molar-refractivity contribution in [2.75, 3.05) is 26.2 Å². The fraction of sp³-hybridized carbons (Fsp3) is 0.938. The van der Waals surface area contributed by atoms with Gasteiger partial charge in [-0.15, -0.1) is 0 Å². The summed E-state index contributed by atoms with van der Waals surface area (Å²) in [5, 5.41) is 8.88. The van der Waals surface area contributed by atoms with Gasteiger partial charge in [0.1, 0.15) is 0 Å². The molecule has 3 fully saturated rings. The fourth-order valence-electron chi connectivity index (χ4n) is 4.14. The Hall–Kier alpha value is -0.650. The Morgan fingerprint density at radius 3 is 2.76 bits per heavy atom. The van der Waals surface area contributed by atoms with Crippen molar-refractivity contribution in [3.8, 4) is 0 Å². The standard InChI is InChI=1S/C16H27NO4/c18-15(19)10-14-12-17(8-9-20-14)11-13-4-7-16(21-13)5-2-1-3-6-16/h13-14H,1-12H2,(H,18,19). The van der Waals surface area contributed by atoms with Gasteiger partial charge in [-0.3, -0.25) is 9.69 Å². The van der Waals surface area contributed by atoms with E-state index in [0.29, 0.717) is 12.7 Å². The second-order valence-electron chi connectivity index (χ2n) is 6.87. The molecule has 3 rings (SSSR count). The molecule has 1 saturated carbocycles. The minimum atomic E-state index is -0.778. The molecule has 21 heavy (non-hydrogen) atoms. The number of hydrogen-bond donors (Lipinski definition) is 1. The van der Waals surface area contributed by atoms with Gasteiger partial charge in [0.15, 0.2) is 0 Å². The molecule has 5 heteroatoms. The number of aliphatic carboxylic acids is 1. The van der Waals surface area contributed by atoms with Crippen molar-refractivity contribution in [1.29, 1.82) is 0 Å². The Kier molecular flexibility index (Phi) is 4.82. The van der Waals surface area contributed by atoms with E-state index in [4.69, 9.17) is 14.6 Å². The first-order chi connectivity index (χ1) is 10.2. The molecule has 1 spiro atoms. The number of hydrogen-bond acceptors (Lipinski definition) is 4. The molecule has 2 saturated heterocycles. The molecule has 1 N–H and O–H groups in total. The van der Waals surface area contributed by atoms with E-state index in [2.05, 4.69) is 4.90 Å². The van der Waals surface area contributed by atoms with Crippen LogP contribution < -0.4 is 0 Å². The van der Waals surface area contributed by atoms with Crippen molar-refractivity contribution >= 4 is 5.97 Å². The van der Waals surface area contributed by atoms with E-state index < -0.39 is 5.97 Å². The maximum absolute atomic E-state index is 10.8. The minimum absolute atomic E-state index is 0.103. The lowest BCUT2D eigenvalue weighted by Crippen LogP contribution is -2.46. The lowest BCUT2D eigenvalue weighted by atomic mass is 9.83. The molecule has 0 amide bonds. The molecule has 0 bridgehead atoms. The van der Waals surface area contributed by atoms with Crippen molar-refractivity contribution in [2.45, 2.75) is 69.2 Å². The molecule has 2 heterocycles. The lowest BCUT2D eigenvalue weighted by molar-refractivity contribution is -0.142. The summed E-state index contributed by atoms with van der Waals surface area (Å²) < 4.78 is 11.9. The number of carbonyl (C=O) groups is 1. The maximum Gasteiger partial charge on any atom is 0.306 e. The normalized spacial score (nSPS) is 33.3. The largest absolute Gasteiger partial charge is 0.481 e. The fourth-order valence-corrected chi connectivity index (χ4v) is 4.14. The highest BCUT2D eigenvalue weighted by atomic mass is 16.5. The molecule has 0 aromatic rings. The van der Waals surface area contributed by atoms with Crippen molar-refractivity contribution in [1.82, 2.24) is 4.90 Å². The van der Waals surface area contributed by atoms with E-state index in [1.165, 1.54) is 38.5 Å². The van der Waals surface area contributed by atoms with E-state index in [1.807, 2.05) is 0 Å². The zero-order valence-corrected chi connectivity index (χ0v) is 12.8. The number of nitrogens with zero attached hydrogens (tertiary/aromatic N) is 1. The zero-order valence-electron chi connectivity index (χ0n) is 12.8. The van der Waals surface area contributed by atoms with Gasteiger partial charge in [-0.05, 0) is 25.7 Å². The van der Waals surface area contributed by atoms with Crippen LogP contribution in [0.3, 0.4) is 0 Å². The number of carboxylic acid groups (broad SMARTS) is 1. The molecule has 1 aliphatic carbocycles. The van der Waals surface area contributed by atoms with Crippen LogP contribution >= 0.6 is 0 Å². The molecule has 2 unspecified atom stereocenters. The topological polar surface area (TPSA) is 59.0 Å². The summed E-state index contributed by atoms with van der Waals surface area (Å²) in [6.07, 6.45) is 9.06. The molecule has 120 valence electrons. The highest BCUT2D eigenvalue weighted by Crippen LogP contribution is 2.42. The summed E-state index contributed by atoms with van der Waals surface area (Å²) in [5.41, 5.74) is 0.176. The third-order valence-electron chi connectivity index (χ3n) is 5.19. The SMILES string of the molecule is O=C(O)CC1CN(CC2CCC3(CCCCC3)O2)CCO1. The third-order valence-corrected chi connectivity index (χ3v) is 5.19. The minimum Gasteiger partial charge on any atom is -0.481 e. The molecule has 3 aliphatic rings. The van der Waals surface area contributed by atoms with Gasteiger partial charge in [-0.1, -0.05) is 19.3 Å². The summed E-state index contributed by atoms with van der Waals surface area (Å²) in [5.74, 6) is -0.778. The Bertz CT molecular complexity index is 367. The summed E-state index contributed by atoms with van der Waals surface area (Å²) in [6.45, 7) is 3.18. The number of rotatable bonds is 4. The first-order valence-electron chi connectivity index (χ1n) is 8.39. The van der Waals surface area contributed by atoms with Crippen molar-refractivity contribution in [2.24, 2.45) is 0 Å². The van der Waals surface area contributed by atoms with Gasteiger partial charge in [0.25, 0.3) is 0 Å². The van der Waals surface area contributed by atoms with Crippen LogP contribution in [0.25, 0.3) is 0 Å². The zero-order chi connectivity index (χ0) is 14.7. The van der Waals surface area contributed by atoms with Crippen LogP contribution in [-0.2, 0) is 14.3 Å². The second kappa shape index (κ2) is 6.63. The molecule has 2 atom stereocenters.